The van der Waals surface area contributed by atoms with Gasteiger partial charge in [0.05, 0.1) is 17.1 Å². The predicted octanol–water partition coefficient (Wildman–Crippen LogP) is 10.5. The lowest BCUT2D eigenvalue weighted by Gasteiger charge is -2.34. The van der Waals surface area contributed by atoms with Gasteiger partial charge >= 0.3 is 0 Å². The molecular weight excluding hydrogens is 532 g/mol. The summed E-state index contributed by atoms with van der Waals surface area (Å²) in [7, 11) is 0. The van der Waals surface area contributed by atoms with E-state index in [4.69, 9.17) is 0 Å². The van der Waals surface area contributed by atoms with Gasteiger partial charge in [0.15, 0.2) is 0 Å². The van der Waals surface area contributed by atoms with Gasteiger partial charge in [-0.2, -0.15) is 0 Å². The molecule has 0 amide bonds. The predicted molar refractivity (Wildman–Crippen MR) is 184 cm³/mol. The molecule has 1 aromatic heterocycles. The molecule has 44 heavy (non-hydrogen) atoms. The fourth-order valence-electron chi connectivity index (χ4n) is 7.91. The minimum absolute atomic E-state index is 0.174. The number of hydrogen-bond donors (Lipinski definition) is 0. The van der Waals surface area contributed by atoms with Crippen LogP contribution in [0.4, 0.5) is 11.4 Å². The monoisotopic (exact) mass is 564 g/mol. The van der Waals surface area contributed by atoms with Crippen LogP contribution in [0.5, 0.6) is 0 Å². The minimum Gasteiger partial charge on any atom is -0.333 e. The number of anilines is 2. The Bertz CT molecular complexity index is 2120. The summed E-state index contributed by atoms with van der Waals surface area (Å²) in [6.45, 7) is 0. The highest BCUT2D eigenvalue weighted by Crippen LogP contribution is 2.51. The fraction of sp³-hybridized carbons (Fsp3) is 0.0952. The van der Waals surface area contributed by atoms with Gasteiger partial charge in [-0.15, -0.1) is 0 Å². The molecule has 2 aliphatic carbocycles. The van der Waals surface area contributed by atoms with E-state index in [-0.39, 0.29) is 17.9 Å². The fourth-order valence-corrected chi connectivity index (χ4v) is 7.91. The van der Waals surface area contributed by atoms with E-state index in [1.807, 2.05) is 0 Å². The van der Waals surface area contributed by atoms with Gasteiger partial charge in [-0.1, -0.05) is 140 Å². The summed E-state index contributed by atoms with van der Waals surface area (Å²) in [6.07, 6.45) is 18.4. The van der Waals surface area contributed by atoms with Crippen LogP contribution in [0.15, 0.2) is 170 Å². The van der Waals surface area contributed by atoms with E-state index in [0.717, 1.165) is 0 Å². The van der Waals surface area contributed by atoms with Crippen molar-refractivity contribution in [3.05, 3.63) is 187 Å². The molecule has 2 heteroatoms. The van der Waals surface area contributed by atoms with Crippen LogP contribution in [0.3, 0.4) is 0 Å². The number of benzene rings is 5. The third kappa shape index (κ3) is 3.74. The summed E-state index contributed by atoms with van der Waals surface area (Å²) in [5.74, 6) is 0.713. The normalized spacial score (nSPS) is 21.7. The van der Waals surface area contributed by atoms with Crippen molar-refractivity contribution in [2.45, 2.75) is 23.8 Å². The Morgan fingerprint density at radius 3 is 1.36 bits per heavy atom. The first-order valence-corrected chi connectivity index (χ1v) is 15.6. The van der Waals surface area contributed by atoms with Crippen molar-refractivity contribution >= 4 is 33.2 Å². The molecule has 2 nitrogen and oxygen atoms in total. The number of hydrogen-bond acceptors (Lipinski definition) is 1. The summed E-state index contributed by atoms with van der Waals surface area (Å²) in [5.41, 5.74) is 10.4. The molecule has 0 spiro atoms. The number of fused-ring (bicyclic) bond motifs is 6. The van der Waals surface area contributed by atoms with E-state index in [1.54, 1.807) is 0 Å². The molecule has 0 N–H and O–H groups in total. The summed E-state index contributed by atoms with van der Waals surface area (Å²) in [5, 5.41) is 2.58. The van der Waals surface area contributed by atoms with Crippen molar-refractivity contribution in [1.82, 2.24) is 4.57 Å². The molecule has 0 saturated heterocycles. The first-order chi connectivity index (χ1) is 21.9. The Labute approximate surface area is 258 Å². The largest absolute Gasteiger partial charge is 0.333 e. The van der Waals surface area contributed by atoms with Crippen molar-refractivity contribution in [2.75, 3.05) is 4.90 Å². The van der Waals surface area contributed by atoms with Crippen LogP contribution in [0, 0.1) is 0 Å². The average Bonchev–Trinajstić information content (AvgIpc) is 3.61. The van der Waals surface area contributed by atoms with Crippen molar-refractivity contribution in [1.29, 1.82) is 0 Å². The van der Waals surface area contributed by atoms with Crippen LogP contribution in [0.2, 0.25) is 0 Å². The Morgan fingerprint density at radius 2 is 0.773 bits per heavy atom. The number of nitrogens with zero attached hydrogens (tertiary/aromatic N) is 2. The molecule has 6 aromatic rings. The minimum atomic E-state index is 0.174. The van der Waals surface area contributed by atoms with E-state index in [2.05, 4.69) is 179 Å². The van der Waals surface area contributed by atoms with E-state index in [1.165, 1.54) is 55.6 Å². The number of allylic oxidation sites excluding steroid dienone is 6. The smallest absolute Gasteiger partial charge is 0.0629 e. The highest BCUT2D eigenvalue weighted by molar-refractivity contribution is 6.09. The highest BCUT2D eigenvalue weighted by atomic mass is 15.2. The molecule has 0 radical (unpaired) electrons. The van der Waals surface area contributed by atoms with Crippen LogP contribution in [-0.4, -0.2) is 10.6 Å². The van der Waals surface area contributed by atoms with Crippen molar-refractivity contribution < 1.29 is 0 Å². The van der Waals surface area contributed by atoms with E-state index in [9.17, 15) is 0 Å². The third-order valence-corrected chi connectivity index (χ3v) is 9.77. The van der Waals surface area contributed by atoms with Crippen LogP contribution >= 0.6 is 0 Å². The van der Waals surface area contributed by atoms with E-state index in [0.29, 0.717) is 5.92 Å². The molecule has 4 unspecified atom stereocenters. The first kappa shape index (κ1) is 25.2. The second-order valence-corrected chi connectivity index (χ2v) is 12.0. The Morgan fingerprint density at radius 1 is 0.364 bits per heavy atom. The zero-order valence-corrected chi connectivity index (χ0v) is 24.4. The average molecular weight is 565 g/mol. The third-order valence-electron chi connectivity index (χ3n) is 9.77. The summed E-state index contributed by atoms with van der Waals surface area (Å²) in [4.78, 5) is 2.58. The van der Waals surface area contributed by atoms with Crippen molar-refractivity contribution in [2.24, 2.45) is 0 Å². The molecular formula is C42H32N2. The van der Waals surface area contributed by atoms with Crippen LogP contribution in [0.25, 0.3) is 27.5 Å². The van der Waals surface area contributed by atoms with Gasteiger partial charge in [0.25, 0.3) is 0 Å². The van der Waals surface area contributed by atoms with Crippen molar-refractivity contribution in [3.63, 3.8) is 0 Å². The van der Waals surface area contributed by atoms with Gasteiger partial charge < -0.3 is 9.47 Å². The second kappa shape index (κ2) is 10.1. The Balaban J connectivity index is 1.21. The van der Waals surface area contributed by atoms with Crippen LogP contribution in [-0.2, 0) is 0 Å². The lowest BCUT2D eigenvalue weighted by atomic mass is 9.77. The first-order valence-electron chi connectivity index (χ1n) is 15.6. The lowest BCUT2D eigenvalue weighted by Crippen LogP contribution is -2.30. The maximum Gasteiger partial charge on any atom is 0.0629 e. The number of aromatic nitrogens is 1. The zero-order chi connectivity index (χ0) is 29.0. The summed E-state index contributed by atoms with van der Waals surface area (Å²) < 4.78 is 2.47. The van der Waals surface area contributed by atoms with Gasteiger partial charge in [-0.25, -0.2) is 0 Å². The molecule has 0 bridgehead atoms. The van der Waals surface area contributed by atoms with Gasteiger partial charge in [0, 0.05) is 45.6 Å². The Kier molecular flexibility index (Phi) is 5.80. The lowest BCUT2D eigenvalue weighted by molar-refractivity contribution is 0.708. The quantitative estimate of drug-likeness (QED) is 0.207. The standard InChI is InChI=1S/C42H32N2/c1-2-16-30(32-18-4-10-24-38(32)44-41-27-13-7-21-35(41)36-22-8-14-28-42(36)44)29(15-1)31-17-3-9-23-37(31)43-39-25-11-5-19-33(39)34-20-6-12-26-40(34)43/h1-30,33,39H. The molecule has 210 valence electrons. The molecule has 5 aromatic carbocycles. The molecule has 4 atom stereocenters. The maximum atomic E-state index is 2.58. The SMILES string of the molecule is C1=CC(c2ccccc2N2c3ccccc3C3C=CC=CC32)C(c2ccccc2-n2c3ccccc3c3ccccc32)C=C1. The zero-order valence-electron chi connectivity index (χ0n) is 24.4. The van der Waals surface area contributed by atoms with Crippen molar-refractivity contribution in [3.8, 4) is 5.69 Å². The molecule has 3 aliphatic rings. The van der Waals surface area contributed by atoms with Gasteiger partial charge in [-0.05, 0) is 47.0 Å². The second-order valence-electron chi connectivity index (χ2n) is 12.0. The molecule has 1 aliphatic heterocycles. The Hall–Kier alpha value is -5.34. The number of rotatable bonds is 4. The van der Waals surface area contributed by atoms with E-state index >= 15 is 0 Å². The topological polar surface area (TPSA) is 8.17 Å². The van der Waals surface area contributed by atoms with Gasteiger partial charge in [0.1, 0.15) is 0 Å². The highest BCUT2D eigenvalue weighted by Gasteiger charge is 2.39. The maximum absolute atomic E-state index is 2.58. The molecule has 2 heterocycles. The molecule has 0 fully saturated rings. The van der Waals surface area contributed by atoms with Gasteiger partial charge in [-0.3, -0.25) is 0 Å². The van der Waals surface area contributed by atoms with E-state index < -0.39 is 0 Å². The summed E-state index contributed by atoms with van der Waals surface area (Å²) >= 11 is 0. The van der Waals surface area contributed by atoms with Gasteiger partial charge in [0.2, 0.25) is 0 Å². The van der Waals surface area contributed by atoms with Crippen LogP contribution in [0.1, 0.15) is 34.4 Å². The number of para-hydroxylation sites is 5. The molecule has 9 rings (SSSR count). The summed E-state index contributed by atoms with van der Waals surface area (Å²) in [6, 6.07) is 44.9. The van der Waals surface area contributed by atoms with Crippen LogP contribution < -0.4 is 4.90 Å². The molecule has 0 saturated carbocycles.